The smallest absolute Gasteiger partial charge is 0.336 e. The Morgan fingerprint density at radius 1 is 1.05 bits per heavy atom. The van der Waals surface area contributed by atoms with Crippen LogP contribution >= 0.6 is 11.3 Å². The summed E-state index contributed by atoms with van der Waals surface area (Å²) >= 11 is 1.73. The lowest BCUT2D eigenvalue weighted by Crippen LogP contribution is -2.50. The van der Waals surface area contributed by atoms with Crippen molar-refractivity contribution < 1.29 is 14.6 Å². The van der Waals surface area contributed by atoms with Gasteiger partial charge < -0.3 is 20.1 Å². The quantitative estimate of drug-likeness (QED) is 0.188. The number of piperidine rings is 1. The van der Waals surface area contributed by atoms with Crippen molar-refractivity contribution in [3.8, 4) is 21.7 Å². The number of methoxy groups -OCH3 is 1. The standard InChI is InChI=1S/C37H43N3O3S/c1-4-6-29(5-2)37(43-3)17-21-40(22-18-37)30-12-14-33-34(24-30)44-35(39-33)27-9-7-25(8-10-27)28-11-13-31(36(41)42)32(23-28)26-15-19-38-20-16-26/h7-15,23-24,29,38H,4-6,16-22H2,1-3H3,(H,41,42). The first-order valence-corrected chi connectivity index (χ1v) is 16.8. The Balaban J connectivity index is 1.20. The Morgan fingerprint density at radius 3 is 2.45 bits per heavy atom. The largest absolute Gasteiger partial charge is 0.478 e. The average Bonchev–Trinajstić information content (AvgIpc) is 3.51. The molecule has 0 bridgehead atoms. The van der Waals surface area contributed by atoms with Crippen LogP contribution in [0, 0.1) is 5.92 Å². The summed E-state index contributed by atoms with van der Waals surface area (Å²) in [6.07, 6.45) is 8.67. The number of hydrogen-bond donors (Lipinski definition) is 2. The van der Waals surface area contributed by atoms with Gasteiger partial charge in [0.15, 0.2) is 0 Å². The minimum atomic E-state index is -0.888. The molecule has 1 unspecified atom stereocenters. The van der Waals surface area contributed by atoms with Crippen LogP contribution in [0.25, 0.3) is 37.5 Å². The van der Waals surface area contributed by atoms with E-state index in [1.807, 2.05) is 19.2 Å². The van der Waals surface area contributed by atoms with E-state index in [0.29, 0.717) is 11.5 Å². The number of hydrogen-bond acceptors (Lipinski definition) is 6. The number of rotatable bonds is 10. The molecule has 1 fully saturated rings. The third-order valence-corrected chi connectivity index (χ3v) is 10.8. The lowest BCUT2D eigenvalue weighted by Gasteiger charge is -2.46. The number of carboxylic acids is 1. The summed E-state index contributed by atoms with van der Waals surface area (Å²) in [6, 6.07) is 20.8. The third kappa shape index (κ3) is 6.06. The monoisotopic (exact) mass is 609 g/mol. The molecule has 1 atom stereocenters. The van der Waals surface area contributed by atoms with E-state index >= 15 is 0 Å². The van der Waals surface area contributed by atoms with Crippen molar-refractivity contribution in [1.29, 1.82) is 0 Å². The zero-order valence-corrected chi connectivity index (χ0v) is 26.9. The van der Waals surface area contributed by atoms with Crippen LogP contribution in [-0.4, -0.2) is 54.9 Å². The molecule has 230 valence electrons. The first-order valence-electron chi connectivity index (χ1n) is 16.0. The van der Waals surface area contributed by atoms with Crippen LogP contribution in [0.4, 0.5) is 5.69 Å². The van der Waals surface area contributed by atoms with Crippen LogP contribution in [0.2, 0.25) is 0 Å². The summed E-state index contributed by atoms with van der Waals surface area (Å²) in [5, 5.41) is 14.1. The van der Waals surface area contributed by atoms with Gasteiger partial charge in [-0.3, -0.25) is 0 Å². The number of benzene rings is 3. The van der Waals surface area contributed by atoms with Gasteiger partial charge in [0.05, 0.1) is 21.4 Å². The molecule has 44 heavy (non-hydrogen) atoms. The molecule has 3 heterocycles. The molecule has 2 N–H and O–H groups in total. The van der Waals surface area contributed by atoms with Crippen molar-refractivity contribution in [2.24, 2.45) is 5.92 Å². The zero-order chi connectivity index (χ0) is 30.7. The fraction of sp³-hybridized carbons (Fsp3) is 0.405. The second kappa shape index (κ2) is 13.2. The van der Waals surface area contributed by atoms with Crippen molar-refractivity contribution in [2.75, 3.05) is 38.2 Å². The van der Waals surface area contributed by atoms with E-state index in [1.165, 1.54) is 29.6 Å². The van der Waals surface area contributed by atoms with E-state index in [4.69, 9.17) is 9.72 Å². The van der Waals surface area contributed by atoms with E-state index < -0.39 is 5.97 Å². The third-order valence-electron chi connectivity index (χ3n) is 9.75. The molecule has 0 spiro atoms. The molecular formula is C37H43N3O3S. The van der Waals surface area contributed by atoms with Gasteiger partial charge in [-0.05, 0) is 90.7 Å². The molecule has 1 aromatic heterocycles. The second-order valence-electron chi connectivity index (χ2n) is 12.1. The summed E-state index contributed by atoms with van der Waals surface area (Å²) in [4.78, 5) is 19.4. The van der Waals surface area contributed by atoms with Gasteiger partial charge in [-0.25, -0.2) is 9.78 Å². The van der Waals surface area contributed by atoms with Crippen molar-refractivity contribution in [3.63, 3.8) is 0 Å². The van der Waals surface area contributed by atoms with E-state index in [0.717, 1.165) is 83.8 Å². The molecule has 2 aliphatic rings. The Labute approximate surface area is 264 Å². The minimum Gasteiger partial charge on any atom is -0.478 e. The number of aromatic nitrogens is 1. The highest BCUT2D eigenvalue weighted by Gasteiger charge is 2.40. The molecule has 7 heteroatoms. The number of fused-ring (bicyclic) bond motifs is 1. The van der Waals surface area contributed by atoms with E-state index in [2.05, 4.69) is 72.6 Å². The van der Waals surface area contributed by atoms with Gasteiger partial charge in [0.25, 0.3) is 0 Å². The molecule has 0 aliphatic carbocycles. The van der Waals surface area contributed by atoms with Gasteiger partial charge in [0.1, 0.15) is 5.01 Å². The molecule has 4 aromatic rings. The van der Waals surface area contributed by atoms with Crippen LogP contribution in [0.5, 0.6) is 0 Å². The second-order valence-corrected chi connectivity index (χ2v) is 13.2. The van der Waals surface area contributed by atoms with Crippen LogP contribution in [-0.2, 0) is 4.74 Å². The van der Waals surface area contributed by atoms with Gasteiger partial charge >= 0.3 is 5.97 Å². The Bertz CT molecular complexity index is 1650. The number of carbonyl (C=O) groups is 1. The molecule has 0 radical (unpaired) electrons. The Hall–Kier alpha value is -3.52. The highest BCUT2D eigenvalue weighted by Crippen LogP contribution is 2.40. The van der Waals surface area contributed by atoms with Crippen LogP contribution in [0.3, 0.4) is 0 Å². The number of ether oxygens (including phenoxy) is 1. The molecule has 6 nitrogen and oxygen atoms in total. The van der Waals surface area contributed by atoms with Crippen molar-refractivity contribution in [3.05, 3.63) is 77.9 Å². The fourth-order valence-electron chi connectivity index (χ4n) is 7.19. The highest BCUT2D eigenvalue weighted by molar-refractivity contribution is 7.21. The summed E-state index contributed by atoms with van der Waals surface area (Å²) in [5.41, 5.74) is 7.73. The molecule has 0 amide bonds. The van der Waals surface area contributed by atoms with Crippen molar-refractivity contribution in [2.45, 2.75) is 58.0 Å². The van der Waals surface area contributed by atoms with Crippen LogP contribution in [0.15, 0.2) is 66.7 Å². The predicted molar refractivity (Wildman–Crippen MR) is 183 cm³/mol. The van der Waals surface area contributed by atoms with Crippen LogP contribution < -0.4 is 10.2 Å². The van der Waals surface area contributed by atoms with Gasteiger partial charge in [-0.2, -0.15) is 0 Å². The number of thiazole rings is 1. The highest BCUT2D eigenvalue weighted by atomic mass is 32.1. The summed E-state index contributed by atoms with van der Waals surface area (Å²) in [5.74, 6) is -0.267. The summed E-state index contributed by atoms with van der Waals surface area (Å²) < 4.78 is 7.41. The maximum Gasteiger partial charge on any atom is 0.336 e. The number of nitrogens with zero attached hydrogens (tertiary/aromatic N) is 2. The predicted octanol–water partition coefficient (Wildman–Crippen LogP) is 8.52. The van der Waals surface area contributed by atoms with E-state index in [-0.39, 0.29) is 5.60 Å². The zero-order valence-electron chi connectivity index (χ0n) is 26.1. The normalized spacial score (nSPS) is 17.4. The van der Waals surface area contributed by atoms with E-state index in [1.54, 1.807) is 17.4 Å². The molecule has 1 saturated heterocycles. The molecule has 3 aromatic carbocycles. The number of anilines is 1. The first kappa shape index (κ1) is 30.5. The van der Waals surface area contributed by atoms with Crippen molar-refractivity contribution in [1.82, 2.24) is 10.3 Å². The number of carboxylic acid groups (broad SMARTS) is 1. The van der Waals surface area contributed by atoms with Gasteiger partial charge in [-0.15, -0.1) is 11.3 Å². The van der Waals surface area contributed by atoms with Gasteiger partial charge in [0.2, 0.25) is 0 Å². The summed E-state index contributed by atoms with van der Waals surface area (Å²) in [6.45, 7) is 8.23. The van der Waals surface area contributed by atoms with Crippen molar-refractivity contribution >= 4 is 38.8 Å². The van der Waals surface area contributed by atoms with Crippen LogP contribution in [0.1, 0.15) is 68.3 Å². The maximum atomic E-state index is 11.9. The average molecular weight is 610 g/mol. The maximum absolute atomic E-state index is 11.9. The molecule has 6 rings (SSSR count). The Kier molecular flexibility index (Phi) is 9.17. The molecule has 0 saturated carbocycles. The molecule has 2 aliphatic heterocycles. The van der Waals surface area contributed by atoms with Gasteiger partial charge in [-0.1, -0.05) is 63.1 Å². The fourth-order valence-corrected chi connectivity index (χ4v) is 8.20. The SMILES string of the molecule is CCCC(CC)C1(OC)CCN(c2ccc3nc(-c4ccc(-c5ccc(C(=O)O)c(C6=CCNCC6)c5)cc4)sc3c2)CC1. The first-order chi connectivity index (χ1) is 21.4. The number of nitrogens with one attached hydrogen (secondary N) is 1. The topological polar surface area (TPSA) is 74.7 Å². The Morgan fingerprint density at radius 2 is 1.80 bits per heavy atom. The lowest BCUT2D eigenvalue weighted by atomic mass is 9.75. The minimum absolute atomic E-state index is 0.000317. The number of aromatic carboxylic acids is 1. The molecular weight excluding hydrogens is 566 g/mol. The van der Waals surface area contributed by atoms with E-state index in [9.17, 15) is 9.90 Å². The lowest BCUT2D eigenvalue weighted by molar-refractivity contribution is -0.0794. The van der Waals surface area contributed by atoms with Gasteiger partial charge in [0, 0.05) is 38.0 Å². The summed E-state index contributed by atoms with van der Waals surface area (Å²) in [7, 11) is 1.91.